The van der Waals surface area contributed by atoms with E-state index >= 15 is 0 Å². The maximum Gasteiger partial charge on any atom is 0.109 e. The van der Waals surface area contributed by atoms with E-state index in [4.69, 9.17) is 10.8 Å². The molecule has 2 aromatic rings. The van der Waals surface area contributed by atoms with Gasteiger partial charge in [-0.3, -0.25) is 0 Å². The largest absolute Gasteiger partial charge is 0.390 e. The fourth-order valence-corrected chi connectivity index (χ4v) is 1.32. The normalized spacial score (nSPS) is 10.5. The first-order valence-corrected chi connectivity index (χ1v) is 4.65. The molecule has 0 saturated heterocycles. The SMILES string of the molecule is NCc1cccc(-n2cc(CO)nn2)c1. The monoisotopic (exact) mass is 204 g/mol. The number of nitrogens with two attached hydrogens (primary N) is 1. The van der Waals surface area contributed by atoms with Crippen LogP contribution < -0.4 is 5.73 Å². The van der Waals surface area contributed by atoms with Crippen molar-refractivity contribution >= 4 is 0 Å². The predicted octanol–water partition coefficient (Wildman–Crippen LogP) is 0.218. The minimum atomic E-state index is -0.101. The standard InChI is InChI=1S/C10H12N4O/c11-5-8-2-1-3-10(4-8)14-6-9(7-15)12-13-14/h1-4,6,15H,5,7,11H2. The molecular weight excluding hydrogens is 192 g/mol. The predicted molar refractivity (Wildman–Crippen MR) is 55.2 cm³/mol. The summed E-state index contributed by atoms with van der Waals surface area (Å²) in [6.07, 6.45) is 1.69. The summed E-state index contributed by atoms with van der Waals surface area (Å²) in [6.45, 7) is 0.395. The van der Waals surface area contributed by atoms with Gasteiger partial charge in [-0.25, -0.2) is 4.68 Å². The van der Waals surface area contributed by atoms with Crippen LogP contribution in [-0.4, -0.2) is 20.1 Å². The molecule has 0 aliphatic carbocycles. The Morgan fingerprint density at radius 1 is 1.40 bits per heavy atom. The molecule has 0 radical (unpaired) electrons. The molecule has 1 aromatic heterocycles. The maximum atomic E-state index is 8.86. The maximum absolute atomic E-state index is 8.86. The third kappa shape index (κ3) is 2.03. The summed E-state index contributed by atoms with van der Waals surface area (Å²) in [5.41, 5.74) is 8.02. The molecule has 0 saturated carbocycles. The number of nitrogens with zero attached hydrogens (tertiary/aromatic N) is 3. The zero-order valence-corrected chi connectivity index (χ0v) is 8.17. The molecule has 0 spiro atoms. The Bertz CT molecular complexity index is 452. The van der Waals surface area contributed by atoms with Crippen LogP contribution in [0.3, 0.4) is 0 Å². The lowest BCUT2D eigenvalue weighted by Crippen LogP contribution is -1.99. The molecule has 0 fully saturated rings. The lowest BCUT2D eigenvalue weighted by molar-refractivity contribution is 0.276. The number of rotatable bonds is 3. The summed E-state index contributed by atoms with van der Waals surface area (Å²) in [6, 6.07) is 7.72. The molecule has 5 nitrogen and oxygen atoms in total. The molecule has 3 N–H and O–H groups in total. The van der Waals surface area contributed by atoms with Crippen molar-refractivity contribution in [1.82, 2.24) is 15.0 Å². The van der Waals surface area contributed by atoms with E-state index in [1.54, 1.807) is 10.9 Å². The van der Waals surface area contributed by atoms with Gasteiger partial charge >= 0.3 is 0 Å². The van der Waals surface area contributed by atoms with Crippen LogP contribution in [0, 0.1) is 0 Å². The Balaban J connectivity index is 2.35. The van der Waals surface area contributed by atoms with Crippen LogP contribution >= 0.6 is 0 Å². The zero-order chi connectivity index (χ0) is 10.7. The Morgan fingerprint density at radius 2 is 2.27 bits per heavy atom. The van der Waals surface area contributed by atoms with Crippen LogP contribution in [0.5, 0.6) is 0 Å². The van der Waals surface area contributed by atoms with Gasteiger partial charge in [0.25, 0.3) is 0 Å². The topological polar surface area (TPSA) is 77.0 Å². The molecule has 15 heavy (non-hydrogen) atoms. The van der Waals surface area contributed by atoms with E-state index in [-0.39, 0.29) is 6.61 Å². The van der Waals surface area contributed by atoms with E-state index in [9.17, 15) is 0 Å². The molecule has 0 aliphatic heterocycles. The smallest absolute Gasteiger partial charge is 0.109 e. The molecule has 0 aliphatic rings. The first-order valence-electron chi connectivity index (χ1n) is 4.65. The van der Waals surface area contributed by atoms with Crippen LogP contribution in [0.4, 0.5) is 0 Å². The summed E-state index contributed by atoms with van der Waals surface area (Å²) in [7, 11) is 0. The van der Waals surface area contributed by atoms with Crippen molar-refractivity contribution in [1.29, 1.82) is 0 Å². The van der Waals surface area contributed by atoms with Crippen molar-refractivity contribution in [2.75, 3.05) is 0 Å². The Morgan fingerprint density at radius 3 is 2.93 bits per heavy atom. The van der Waals surface area contributed by atoms with Gasteiger partial charge in [0.1, 0.15) is 5.69 Å². The second-order valence-corrected chi connectivity index (χ2v) is 3.19. The van der Waals surface area contributed by atoms with Crippen LogP contribution in [0.2, 0.25) is 0 Å². The number of benzene rings is 1. The van der Waals surface area contributed by atoms with Crippen LogP contribution in [-0.2, 0) is 13.2 Å². The van der Waals surface area contributed by atoms with E-state index < -0.39 is 0 Å². The highest BCUT2D eigenvalue weighted by atomic mass is 16.3. The second kappa shape index (κ2) is 4.20. The third-order valence-electron chi connectivity index (χ3n) is 2.11. The summed E-state index contributed by atoms with van der Waals surface area (Å²) < 4.78 is 1.62. The van der Waals surface area contributed by atoms with E-state index in [1.165, 1.54) is 0 Å². The van der Waals surface area contributed by atoms with Crippen molar-refractivity contribution in [3.8, 4) is 5.69 Å². The van der Waals surface area contributed by atoms with E-state index in [0.717, 1.165) is 11.3 Å². The highest BCUT2D eigenvalue weighted by Gasteiger charge is 2.01. The number of hydrogen-bond donors (Lipinski definition) is 2. The van der Waals surface area contributed by atoms with Gasteiger partial charge in [0.15, 0.2) is 0 Å². The third-order valence-corrected chi connectivity index (χ3v) is 2.11. The summed E-state index contributed by atoms with van der Waals surface area (Å²) >= 11 is 0. The number of aromatic nitrogens is 3. The molecule has 0 bridgehead atoms. The quantitative estimate of drug-likeness (QED) is 0.749. The van der Waals surface area contributed by atoms with Gasteiger partial charge in [-0.05, 0) is 17.7 Å². The lowest BCUT2D eigenvalue weighted by atomic mass is 10.2. The summed E-state index contributed by atoms with van der Waals surface area (Å²) in [5, 5.41) is 16.6. The summed E-state index contributed by atoms with van der Waals surface area (Å²) in [5.74, 6) is 0. The zero-order valence-electron chi connectivity index (χ0n) is 8.17. The van der Waals surface area contributed by atoms with Crippen molar-refractivity contribution in [3.63, 3.8) is 0 Å². The molecule has 2 rings (SSSR count). The van der Waals surface area contributed by atoms with Crippen LogP contribution in [0.1, 0.15) is 11.3 Å². The van der Waals surface area contributed by atoms with Gasteiger partial charge in [-0.2, -0.15) is 0 Å². The van der Waals surface area contributed by atoms with Crippen LogP contribution in [0.15, 0.2) is 30.5 Å². The van der Waals surface area contributed by atoms with E-state index in [2.05, 4.69) is 10.3 Å². The minimum absolute atomic E-state index is 0.101. The van der Waals surface area contributed by atoms with Gasteiger partial charge in [-0.1, -0.05) is 17.3 Å². The van der Waals surface area contributed by atoms with Crippen molar-refractivity contribution < 1.29 is 5.11 Å². The minimum Gasteiger partial charge on any atom is -0.390 e. The van der Waals surface area contributed by atoms with Gasteiger partial charge < -0.3 is 10.8 Å². The van der Waals surface area contributed by atoms with Crippen LogP contribution in [0.25, 0.3) is 5.69 Å². The first-order chi connectivity index (χ1) is 7.33. The molecule has 0 unspecified atom stereocenters. The van der Waals surface area contributed by atoms with Crippen molar-refractivity contribution in [2.24, 2.45) is 5.73 Å². The Labute approximate surface area is 87.1 Å². The van der Waals surface area contributed by atoms with Gasteiger partial charge in [-0.15, -0.1) is 5.10 Å². The highest BCUT2D eigenvalue weighted by Crippen LogP contribution is 2.09. The number of aliphatic hydroxyl groups excluding tert-OH is 1. The van der Waals surface area contributed by atoms with E-state index in [0.29, 0.717) is 12.2 Å². The number of aliphatic hydroxyl groups is 1. The Hall–Kier alpha value is -1.72. The van der Waals surface area contributed by atoms with Gasteiger partial charge in [0.05, 0.1) is 18.5 Å². The molecule has 78 valence electrons. The van der Waals surface area contributed by atoms with Crippen molar-refractivity contribution in [3.05, 3.63) is 41.7 Å². The fourth-order valence-electron chi connectivity index (χ4n) is 1.32. The lowest BCUT2D eigenvalue weighted by Gasteiger charge is -2.01. The fraction of sp³-hybridized carbons (Fsp3) is 0.200. The molecule has 0 amide bonds. The summed E-state index contributed by atoms with van der Waals surface area (Å²) in [4.78, 5) is 0. The molecule has 5 heteroatoms. The van der Waals surface area contributed by atoms with Gasteiger partial charge in [0, 0.05) is 6.54 Å². The second-order valence-electron chi connectivity index (χ2n) is 3.19. The first kappa shape index (κ1) is 9.82. The average molecular weight is 204 g/mol. The molecule has 1 heterocycles. The Kier molecular flexibility index (Phi) is 2.75. The highest BCUT2D eigenvalue weighted by molar-refractivity contribution is 5.34. The molecular formula is C10H12N4O. The van der Waals surface area contributed by atoms with Gasteiger partial charge in [0.2, 0.25) is 0 Å². The molecule has 0 atom stereocenters. The van der Waals surface area contributed by atoms with Crippen molar-refractivity contribution in [2.45, 2.75) is 13.2 Å². The average Bonchev–Trinajstić information content (AvgIpc) is 2.78. The molecule has 1 aromatic carbocycles. The van der Waals surface area contributed by atoms with E-state index in [1.807, 2.05) is 24.3 Å². The number of hydrogen-bond acceptors (Lipinski definition) is 4.